The summed E-state index contributed by atoms with van der Waals surface area (Å²) in [6, 6.07) is 11.8. The fourth-order valence-electron chi connectivity index (χ4n) is 2.78. The largest absolute Gasteiger partial charge is 0.370 e. The van der Waals surface area contributed by atoms with Gasteiger partial charge in [-0.25, -0.2) is 0 Å². The number of nitrogens with one attached hydrogen (secondary N) is 1. The Morgan fingerprint density at radius 3 is 2.50 bits per heavy atom. The molecule has 1 saturated heterocycles. The maximum Gasteiger partial charge on any atom is 0.267 e. The SMILES string of the molecule is CN1CCCN(c2ccc(-c3ccc(Cl)c(=O)[nH]3)cc2)CC1. The van der Waals surface area contributed by atoms with Crippen molar-refractivity contribution in [1.82, 2.24) is 9.88 Å². The van der Waals surface area contributed by atoms with Crippen molar-refractivity contribution < 1.29 is 0 Å². The van der Waals surface area contributed by atoms with Crippen LogP contribution in [0.4, 0.5) is 5.69 Å². The molecule has 1 aromatic heterocycles. The number of benzene rings is 1. The maximum absolute atomic E-state index is 11.6. The minimum Gasteiger partial charge on any atom is -0.370 e. The third-order valence-electron chi connectivity index (χ3n) is 4.12. The number of anilines is 1. The van der Waals surface area contributed by atoms with Crippen LogP contribution in [0.2, 0.25) is 5.02 Å². The molecule has 1 N–H and O–H groups in total. The highest BCUT2D eigenvalue weighted by Gasteiger charge is 2.12. The number of H-pyrrole nitrogens is 1. The molecule has 0 unspecified atom stereocenters. The zero-order chi connectivity index (χ0) is 15.5. The monoisotopic (exact) mass is 317 g/mol. The van der Waals surface area contributed by atoms with Gasteiger partial charge in [0.2, 0.25) is 0 Å². The van der Waals surface area contributed by atoms with Gasteiger partial charge in [-0.05, 0) is 49.8 Å². The van der Waals surface area contributed by atoms with Gasteiger partial charge in [0.1, 0.15) is 5.02 Å². The Labute approximate surface area is 135 Å². The molecule has 22 heavy (non-hydrogen) atoms. The van der Waals surface area contributed by atoms with E-state index in [1.54, 1.807) is 6.07 Å². The average molecular weight is 318 g/mol. The number of nitrogens with zero attached hydrogens (tertiary/aromatic N) is 2. The van der Waals surface area contributed by atoms with Gasteiger partial charge in [0, 0.05) is 31.0 Å². The predicted octanol–water partition coefficient (Wildman–Crippen LogP) is 2.84. The summed E-state index contributed by atoms with van der Waals surface area (Å²) in [6.45, 7) is 4.38. The molecular weight excluding hydrogens is 298 g/mol. The Balaban J connectivity index is 1.80. The molecule has 2 heterocycles. The quantitative estimate of drug-likeness (QED) is 0.926. The van der Waals surface area contributed by atoms with Crippen molar-refractivity contribution in [2.45, 2.75) is 6.42 Å². The second-order valence-electron chi connectivity index (χ2n) is 5.74. The molecule has 1 aliphatic heterocycles. The molecule has 0 aliphatic carbocycles. The highest BCUT2D eigenvalue weighted by atomic mass is 35.5. The number of aromatic amines is 1. The van der Waals surface area contributed by atoms with Crippen LogP contribution in [0, 0.1) is 0 Å². The molecule has 3 rings (SSSR count). The summed E-state index contributed by atoms with van der Waals surface area (Å²) in [7, 11) is 2.17. The van der Waals surface area contributed by atoms with E-state index < -0.39 is 0 Å². The van der Waals surface area contributed by atoms with E-state index in [1.807, 2.05) is 18.2 Å². The molecule has 0 spiro atoms. The van der Waals surface area contributed by atoms with Gasteiger partial charge in [-0.2, -0.15) is 0 Å². The third-order valence-corrected chi connectivity index (χ3v) is 4.42. The molecule has 1 aromatic carbocycles. The lowest BCUT2D eigenvalue weighted by molar-refractivity contribution is 0.360. The van der Waals surface area contributed by atoms with Crippen molar-refractivity contribution in [2.24, 2.45) is 0 Å². The van der Waals surface area contributed by atoms with E-state index in [4.69, 9.17) is 11.6 Å². The topological polar surface area (TPSA) is 39.3 Å². The first-order valence-electron chi connectivity index (χ1n) is 7.56. The lowest BCUT2D eigenvalue weighted by atomic mass is 10.1. The maximum atomic E-state index is 11.6. The van der Waals surface area contributed by atoms with E-state index in [9.17, 15) is 4.79 Å². The summed E-state index contributed by atoms with van der Waals surface area (Å²) >= 11 is 5.77. The predicted molar refractivity (Wildman–Crippen MR) is 91.8 cm³/mol. The van der Waals surface area contributed by atoms with Crippen molar-refractivity contribution in [2.75, 3.05) is 38.1 Å². The van der Waals surface area contributed by atoms with E-state index in [1.165, 1.54) is 12.1 Å². The Bertz CT molecular complexity index is 696. The Morgan fingerprint density at radius 1 is 1.00 bits per heavy atom. The van der Waals surface area contributed by atoms with Crippen molar-refractivity contribution in [1.29, 1.82) is 0 Å². The van der Waals surface area contributed by atoms with Gasteiger partial charge in [-0.3, -0.25) is 4.79 Å². The summed E-state index contributed by atoms with van der Waals surface area (Å²) in [4.78, 5) is 19.2. The molecule has 2 aromatic rings. The van der Waals surface area contributed by atoms with Crippen LogP contribution in [0.5, 0.6) is 0 Å². The van der Waals surface area contributed by atoms with Gasteiger partial charge in [0.05, 0.1) is 0 Å². The second kappa shape index (κ2) is 6.55. The van der Waals surface area contributed by atoms with Crippen LogP contribution in [0.25, 0.3) is 11.3 Å². The minimum atomic E-state index is -0.251. The van der Waals surface area contributed by atoms with Crippen LogP contribution in [-0.4, -0.2) is 43.1 Å². The fourth-order valence-corrected chi connectivity index (χ4v) is 2.89. The van der Waals surface area contributed by atoms with Crippen LogP contribution in [-0.2, 0) is 0 Å². The summed E-state index contributed by atoms with van der Waals surface area (Å²) in [5, 5.41) is 0.217. The van der Waals surface area contributed by atoms with Crippen molar-refractivity contribution >= 4 is 17.3 Å². The fraction of sp³-hybridized carbons (Fsp3) is 0.353. The smallest absolute Gasteiger partial charge is 0.267 e. The zero-order valence-electron chi connectivity index (χ0n) is 12.7. The van der Waals surface area contributed by atoms with E-state index in [2.05, 4.69) is 34.0 Å². The van der Waals surface area contributed by atoms with Crippen LogP contribution in [0.3, 0.4) is 0 Å². The normalized spacial score (nSPS) is 16.5. The number of pyridine rings is 1. The van der Waals surface area contributed by atoms with Crippen LogP contribution in [0.15, 0.2) is 41.2 Å². The summed E-state index contributed by atoms with van der Waals surface area (Å²) in [6.07, 6.45) is 1.18. The molecule has 4 nitrogen and oxygen atoms in total. The summed E-state index contributed by atoms with van der Waals surface area (Å²) < 4.78 is 0. The Kier molecular flexibility index (Phi) is 4.50. The van der Waals surface area contributed by atoms with Gasteiger partial charge in [0.25, 0.3) is 5.56 Å². The first kappa shape index (κ1) is 15.1. The lowest BCUT2D eigenvalue weighted by Crippen LogP contribution is -2.28. The van der Waals surface area contributed by atoms with Crippen molar-refractivity contribution in [3.05, 3.63) is 51.8 Å². The molecular formula is C17H20ClN3O. The molecule has 0 radical (unpaired) electrons. The molecule has 0 atom stereocenters. The van der Waals surface area contributed by atoms with Crippen LogP contribution in [0.1, 0.15) is 6.42 Å². The van der Waals surface area contributed by atoms with Gasteiger partial charge in [0.15, 0.2) is 0 Å². The van der Waals surface area contributed by atoms with E-state index in [0.717, 1.165) is 37.4 Å². The first-order valence-corrected chi connectivity index (χ1v) is 7.94. The molecule has 1 aliphatic rings. The van der Waals surface area contributed by atoms with Gasteiger partial charge >= 0.3 is 0 Å². The average Bonchev–Trinajstić information content (AvgIpc) is 2.75. The third kappa shape index (κ3) is 3.34. The number of likely N-dealkylation sites (N-methyl/N-ethyl adjacent to an activating group) is 1. The molecule has 0 amide bonds. The summed E-state index contributed by atoms with van der Waals surface area (Å²) in [5.41, 5.74) is 2.76. The lowest BCUT2D eigenvalue weighted by Gasteiger charge is -2.23. The van der Waals surface area contributed by atoms with Crippen molar-refractivity contribution in [3.8, 4) is 11.3 Å². The Hall–Kier alpha value is -1.78. The van der Waals surface area contributed by atoms with E-state index in [0.29, 0.717) is 0 Å². The van der Waals surface area contributed by atoms with Crippen LogP contribution >= 0.6 is 11.6 Å². The molecule has 0 bridgehead atoms. The minimum absolute atomic E-state index is 0.217. The van der Waals surface area contributed by atoms with Gasteiger partial charge in [-0.15, -0.1) is 0 Å². The zero-order valence-corrected chi connectivity index (χ0v) is 13.4. The number of halogens is 1. The second-order valence-corrected chi connectivity index (χ2v) is 6.15. The number of rotatable bonds is 2. The number of hydrogen-bond donors (Lipinski definition) is 1. The first-order chi connectivity index (χ1) is 10.6. The van der Waals surface area contributed by atoms with E-state index in [-0.39, 0.29) is 10.6 Å². The highest BCUT2D eigenvalue weighted by Crippen LogP contribution is 2.22. The highest BCUT2D eigenvalue weighted by molar-refractivity contribution is 6.30. The molecule has 1 fully saturated rings. The molecule has 5 heteroatoms. The van der Waals surface area contributed by atoms with Gasteiger partial charge < -0.3 is 14.8 Å². The number of aromatic nitrogens is 1. The molecule has 116 valence electrons. The standard InChI is InChI=1S/C17H20ClN3O/c1-20-9-2-10-21(12-11-20)14-5-3-13(4-6-14)16-8-7-15(18)17(22)19-16/h3-8H,2,9-12H2,1H3,(H,19,22). The summed E-state index contributed by atoms with van der Waals surface area (Å²) in [5.74, 6) is 0. The van der Waals surface area contributed by atoms with Crippen LogP contribution < -0.4 is 10.5 Å². The number of hydrogen-bond acceptors (Lipinski definition) is 3. The van der Waals surface area contributed by atoms with Crippen molar-refractivity contribution in [3.63, 3.8) is 0 Å². The van der Waals surface area contributed by atoms with E-state index >= 15 is 0 Å². The van der Waals surface area contributed by atoms with Gasteiger partial charge in [-0.1, -0.05) is 23.7 Å². The molecule has 0 saturated carbocycles. The Morgan fingerprint density at radius 2 is 1.77 bits per heavy atom.